The number of carbonyl (C=O) groups excluding carboxylic acids is 1. The molecule has 146 valence electrons. The van der Waals surface area contributed by atoms with Crippen molar-refractivity contribution in [3.63, 3.8) is 0 Å². The molecule has 1 N–H and O–H groups in total. The fourth-order valence-electron chi connectivity index (χ4n) is 3.01. The normalized spacial score (nSPS) is 14.0. The number of carbonyl (C=O) groups is 1. The van der Waals surface area contributed by atoms with Gasteiger partial charge in [0.15, 0.2) is 0 Å². The van der Waals surface area contributed by atoms with Gasteiger partial charge in [-0.3, -0.25) is 14.6 Å². The summed E-state index contributed by atoms with van der Waals surface area (Å²) in [6, 6.07) is 10.3. The molecule has 0 bridgehead atoms. The first kappa shape index (κ1) is 15.9. The van der Waals surface area contributed by atoms with Gasteiger partial charge in [-0.1, -0.05) is 13.0 Å². The summed E-state index contributed by atoms with van der Waals surface area (Å²) in [6.07, 6.45) is 3.53. The summed E-state index contributed by atoms with van der Waals surface area (Å²) in [5.41, 5.74) is 2.78. The number of hydrogen-bond donors (Lipinski definition) is 1. The van der Waals surface area contributed by atoms with Gasteiger partial charge in [-0.15, -0.1) is 0 Å². The lowest BCUT2D eigenvalue weighted by Gasteiger charge is -2.27. The second-order valence-corrected chi connectivity index (χ2v) is 6.81. The fourth-order valence-corrected chi connectivity index (χ4v) is 3.01. The highest BCUT2D eigenvalue weighted by molar-refractivity contribution is 5.85. The predicted molar refractivity (Wildman–Crippen MR) is 114 cm³/mol. The number of pyridine rings is 2. The molecule has 2 heterocycles. The molecular weight excluding hydrogens is 352 g/mol. The zero-order chi connectivity index (χ0) is 22.8. The standard InChI is InChI=1S/C22H26N4O2/c1-5-21(27)24-12-15(2)25(3)19-11-18(13-23-14-19)16-6-8-20-17(10-16)7-9-22(28)26(20)4/h6-11,13-15H,5,12H2,1-4H3,(H,24,27)/i3D3. The molecule has 0 radical (unpaired) electrons. The smallest absolute Gasteiger partial charge is 0.250 e. The van der Waals surface area contributed by atoms with E-state index >= 15 is 0 Å². The monoisotopic (exact) mass is 381 g/mol. The molecular formula is C22H26N4O2. The molecule has 0 aliphatic carbocycles. The Hall–Kier alpha value is -3.15. The van der Waals surface area contributed by atoms with E-state index in [1.54, 1.807) is 43.8 Å². The van der Waals surface area contributed by atoms with Gasteiger partial charge in [0, 0.05) is 55.0 Å². The number of anilines is 1. The van der Waals surface area contributed by atoms with Crippen molar-refractivity contribution in [2.75, 3.05) is 18.4 Å². The second-order valence-electron chi connectivity index (χ2n) is 6.81. The molecule has 1 aromatic carbocycles. The number of amides is 1. The Bertz CT molecular complexity index is 1160. The molecule has 6 heteroatoms. The maximum atomic E-state index is 11.8. The lowest BCUT2D eigenvalue weighted by atomic mass is 10.0. The SMILES string of the molecule is [2H]C([2H])([2H])N(c1cncc(-c2ccc3c(ccc(=O)n3C)c2)c1)C(C)CNC(=O)CC. The Kier molecular flexibility index (Phi) is 4.67. The largest absolute Gasteiger partial charge is 0.369 e. The molecule has 2 aromatic heterocycles. The highest BCUT2D eigenvalue weighted by atomic mass is 16.1. The number of benzene rings is 1. The molecule has 3 aromatic rings. The Morgan fingerprint density at radius 2 is 2.07 bits per heavy atom. The van der Waals surface area contributed by atoms with Crippen molar-refractivity contribution >= 4 is 22.5 Å². The first-order valence-electron chi connectivity index (χ1n) is 10.7. The number of rotatable bonds is 6. The molecule has 1 unspecified atom stereocenters. The van der Waals surface area contributed by atoms with Crippen LogP contribution in [0.5, 0.6) is 0 Å². The number of aryl methyl sites for hydroxylation is 1. The highest BCUT2D eigenvalue weighted by Gasteiger charge is 2.12. The van der Waals surface area contributed by atoms with Crippen molar-refractivity contribution in [2.24, 2.45) is 7.05 Å². The van der Waals surface area contributed by atoms with Crippen LogP contribution in [0, 0.1) is 0 Å². The molecule has 0 saturated carbocycles. The topological polar surface area (TPSA) is 67.2 Å². The molecule has 0 aliphatic heterocycles. The van der Waals surface area contributed by atoms with E-state index in [-0.39, 0.29) is 18.0 Å². The van der Waals surface area contributed by atoms with Crippen molar-refractivity contribution in [1.29, 1.82) is 0 Å². The quantitative estimate of drug-likeness (QED) is 0.713. The lowest BCUT2D eigenvalue weighted by molar-refractivity contribution is -0.120. The predicted octanol–water partition coefficient (Wildman–Crippen LogP) is 2.95. The summed E-state index contributed by atoms with van der Waals surface area (Å²) in [6.45, 7) is 1.31. The maximum Gasteiger partial charge on any atom is 0.250 e. The Labute approximate surface area is 169 Å². The van der Waals surface area contributed by atoms with Crippen LogP contribution in [-0.2, 0) is 11.8 Å². The summed E-state index contributed by atoms with van der Waals surface area (Å²) < 4.78 is 25.6. The van der Waals surface area contributed by atoms with E-state index in [1.165, 1.54) is 17.2 Å². The summed E-state index contributed by atoms with van der Waals surface area (Å²) in [5, 5.41) is 3.65. The number of aromatic nitrogens is 2. The van der Waals surface area contributed by atoms with E-state index in [0.29, 0.717) is 12.1 Å². The minimum Gasteiger partial charge on any atom is -0.369 e. The Morgan fingerprint density at radius 1 is 1.25 bits per heavy atom. The van der Waals surface area contributed by atoms with E-state index < -0.39 is 13.0 Å². The number of likely N-dealkylation sites (N-methyl/N-ethyl adjacent to an activating group) is 1. The van der Waals surface area contributed by atoms with Gasteiger partial charge in [-0.25, -0.2) is 0 Å². The van der Waals surface area contributed by atoms with Gasteiger partial charge < -0.3 is 14.8 Å². The van der Waals surface area contributed by atoms with Gasteiger partial charge in [0.1, 0.15) is 0 Å². The van der Waals surface area contributed by atoms with Crippen LogP contribution in [0.1, 0.15) is 24.4 Å². The van der Waals surface area contributed by atoms with Gasteiger partial charge >= 0.3 is 0 Å². The van der Waals surface area contributed by atoms with Gasteiger partial charge in [0.05, 0.1) is 17.4 Å². The van der Waals surface area contributed by atoms with Crippen LogP contribution in [-0.4, -0.2) is 35.0 Å². The van der Waals surface area contributed by atoms with Crippen molar-refractivity contribution in [1.82, 2.24) is 14.9 Å². The number of nitrogens with one attached hydrogen (secondary N) is 1. The Balaban J connectivity index is 1.98. The van der Waals surface area contributed by atoms with Crippen LogP contribution in [0.2, 0.25) is 0 Å². The molecule has 0 aliphatic rings. The minimum absolute atomic E-state index is 0.0821. The fraction of sp³-hybridized carbons (Fsp3) is 0.318. The van der Waals surface area contributed by atoms with Crippen LogP contribution < -0.4 is 15.8 Å². The van der Waals surface area contributed by atoms with Gasteiger partial charge in [-0.2, -0.15) is 0 Å². The molecule has 6 nitrogen and oxygen atoms in total. The summed E-state index contributed by atoms with van der Waals surface area (Å²) in [5.74, 6) is -0.130. The third kappa shape index (κ3) is 4.06. The highest BCUT2D eigenvalue weighted by Crippen LogP contribution is 2.26. The third-order valence-electron chi connectivity index (χ3n) is 4.82. The van der Waals surface area contributed by atoms with E-state index in [0.717, 1.165) is 22.0 Å². The molecule has 0 saturated heterocycles. The van der Waals surface area contributed by atoms with E-state index in [4.69, 9.17) is 4.11 Å². The molecule has 1 amide bonds. The number of hydrogen-bond acceptors (Lipinski definition) is 4. The molecule has 1 atom stereocenters. The van der Waals surface area contributed by atoms with Crippen LogP contribution in [0.3, 0.4) is 0 Å². The zero-order valence-corrected chi connectivity index (χ0v) is 16.3. The molecule has 0 fully saturated rings. The van der Waals surface area contributed by atoms with Crippen molar-refractivity contribution in [3.05, 3.63) is 59.1 Å². The Morgan fingerprint density at radius 3 is 2.82 bits per heavy atom. The van der Waals surface area contributed by atoms with E-state index in [1.807, 2.05) is 18.2 Å². The van der Waals surface area contributed by atoms with Crippen LogP contribution in [0.15, 0.2) is 53.6 Å². The minimum atomic E-state index is -2.40. The first-order chi connectivity index (χ1) is 14.6. The van der Waals surface area contributed by atoms with Crippen LogP contribution >= 0.6 is 0 Å². The van der Waals surface area contributed by atoms with Crippen LogP contribution in [0.4, 0.5) is 5.69 Å². The number of nitrogens with zero attached hydrogens (tertiary/aromatic N) is 3. The van der Waals surface area contributed by atoms with Gasteiger partial charge in [0.25, 0.3) is 5.56 Å². The first-order valence-corrected chi connectivity index (χ1v) is 9.23. The molecule has 0 spiro atoms. The molecule has 3 rings (SSSR count). The second kappa shape index (κ2) is 8.25. The lowest BCUT2D eigenvalue weighted by Crippen LogP contribution is -2.40. The van der Waals surface area contributed by atoms with Gasteiger partial charge in [-0.05, 0) is 42.1 Å². The van der Waals surface area contributed by atoms with Crippen molar-refractivity contribution in [2.45, 2.75) is 26.3 Å². The van der Waals surface area contributed by atoms with Crippen molar-refractivity contribution < 1.29 is 8.91 Å². The average molecular weight is 381 g/mol. The third-order valence-corrected chi connectivity index (χ3v) is 4.82. The van der Waals surface area contributed by atoms with Gasteiger partial charge in [0.2, 0.25) is 5.91 Å². The zero-order valence-electron chi connectivity index (χ0n) is 19.3. The average Bonchev–Trinajstić information content (AvgIpc) is 2.73. The summed E-state index contributed by atoms with van der Waals surface area (Å²) >= 11 is 0. The summed E-state index contributed by atoms with van der Waals surface area (Å²) in [7, 11) is 1.72. The maximum absolute atomic E-state index is 11.8. The van der Waals surface area contributed by atoms with E-state index in [2.05, 4.69) is 10.3 Å². The van der Waals surface area contributed by atoms with Crippen molar-refractivity contribution in [3.8, 4) is 11.1 Å². The molecule has 28 heavy (non-hydrogen) atoms. The number of fused-ring (bicyclic) bond motifs is 1. The van der Waals surface area contributed by atoms with Crippen LogP contribution in [0.25, 0.3) is 22.0 Å². The van der Waals surface area contributed by atoms with E-state index in [9.17, 15) is 9.59 Å². The summed E-state index contributed by atoms with van der Waals surface area (Å²) in [4.78, 5) is 29.0.